The molecule has 21 heavy (non-hydrogen) atoms. The molecular formula is C15H24N4OS. The van der Waals surface area contributed by atoms with Gasteiger partial charge in [0.15, 0.2) is 0 Å². The fourth-order valence-electron chi connectivity index (χ4n) is 3.39. The molecule has 0 saturated heterocycles. The van der Waals surface area contributed by atoms with Crippen LogP contribution in [0.5, 0.6) is 0 Å². The SMILES string of the molecule is O=C(CSc1n[nH]c(CC2CCCC2)n1)NC1CCCC1. The number of H-pyrrole nitrogens is 1. The van der Waals surface area contributed by atoms with E-state index in [2.05, 4.69) is 20.5 Å². The van der Waals surface area contributed by atoms with Gasteiger partial charge >= 0.3 is 0 Å². The number of hydrogen-bond donors (Lipinski definition) is 2. The first-order valence-electron chi connectivity index (χ1n) is 8.13. The first-order chi connectivity index (χ1) is 10.3. The molecule has 0 bridgehead atoms. The van der Waals surface area contributed by atoms with Gasteiger partial charge in [0.1, 0.15) is 5.82 Å². The monoisotopic (exact) mass is 308 g/mol. The number of thioether (sulfide) groups is 1. The van der Waals surface area contributed by atoms with Crippen molar-refractivity contribution in [2.24, 2.45) is 5.92 Å². The molecule has 0 aliphatic heterocycles. The van der Waals surface area contributed by atoms with E-state index in [-0.39, 0.29) is 5.91 Å². The molecule has 1 aromatic heterocycles. The number of carbonyl (C=O) groups excluding carboxylic acids is 1. The highest BCUT2D eigenvalue weighted by Crippen LogP contribution is 2.27. The summed E-state index contributed by atoms with van der Waals surface area (Å²) in [5, 5.41) is 11.0. The van der Waals surface area contributed by atoms with Crippen LogP contribution in [0.2, 0.25) is 0 Å². The van der Waals surface area contributed by atoms with Crippen molar-refractivity contribution in [3.05, 3.63) is 5.82 Å². The molecule has 2 aliphatic carbocycles. The molecule has 0 unspecified atom stereocenters. The van der Waals surface area contributed by atoms with Crippen LogP contribution in [0.15, 0.2) is 5.16 Å². The van der Waals surface area contributed by atoms with Gasteiger partial charge in [-0.15, -0.1) is 5.10 Å². The van der Waals surface area contributed by atoms with E-state index in [1.54, 1.807) is 0 Å². The zero-order chi connectivity index (χ0) is 14.5. The molecule has 2 aliphatic rings. The Morgan fingerprint density at radius 2 is 1.90 bits per heavy atom. The van der Waals surface area contributed by atoms with Crippen molar-refractivity contribution in [2.45, 2.75) is 69.0 Å². The number of nitrogens with one attached hydrogen (secondary N) is 2. The zero-order valence-electron chi connectivity index (χ0n) is 12.4. The van der Waals surface area contributed by atoms with Crippen molar-refractivity contribution in [3.63, 3.8) is 0 Å². The van der Waals surface area contributed by atoms with Crippen molar-refractivity contribution < 1.29 is 4.79 Å². The number of aromatic nitrogens is 3. The molecule has 2 N–H and O–H groups in total. The van der Waals surface area contributed by atoms with E-state index in [0.717, 1.165) is 31.0 Å². The molecule has 1 amide bonds. The maximum absolute atomic E-state index is 11.9. The molecule has 1 aromatic rings. The van der Waals surface area contributed by atoms with E-state index in [1.807, 2.05) is 0 Å². The summed E-state index contributed by atoms with van der Waals surface area (Å²) in [5.74, 6) is 2.26. The standard InChI is InChI=1S/C15H24N4OS/c20-14(16-12-7-3-4-8-12)10-21-15-17-13(18-19-15)9-11-5-1-2-6-11/h11-12H,1-10H2,(H,16,20)(H,17,18,19). The summed E-state index contributed by atoms with van der Waals surface area (Å²) in [6.07, 6.45) is 11.1. The average molecular weight is 308 g/mol. The second-order valence-electron chi connectivity index (χ2n) is 6.26. The summed E-state index contributed by atoms with van der Waals surface area (Å²) >= 11 is 1.43. The third-order valence-corrected chi connectivity index (χ3v) is 5.37. The lowest BCUT2D eigenvalue weighted by molar-refractivity contribution is -0.119. The van der Waals surface area contributed by atoms with Gasteiger partial charge in [-0.25, -0.2) is 4.98 Å². The highest BCUT2D eigenvalue weighted by molar-refractivity contribution is 7.99. The van der Waals surface area contributed by atoms with Crippen molar-refractivity contribution in [1.82, 2.24) is 20.5 Å². The highest BCUT2D eigenvalue weighted by Gasteiger charge is 2.19. The van der Waals surface area contributed by atoms with Gasteiger partial charge in [-0.1, -0.05) is 50.3 Å². The normalized spacial score (nSPS) is 20.2. The molecule has 0 atom stereocenters. The molecule has 2 fully saturated rings. The van der Waals surface area contributed by atoms with Gasteiger partial charge in [-0.3, -0.25) is 9.89 Å². The number of nitrogens with zero attached hydrogens (tertiary/aromatic N) is 2. The minimum atomic E-state index is 0.106. The fourth-order valence-corrected chi connectivity index (χ4v) is 4.02. The van der Waals surface area contributed by atoms with Crippen LogP contribution in [-0.4, -0.2) is 32.9 Å². The number of rotatable bonds is 6. The van der Waals surface area contributed by atoms with E-state index < -0.39 is 0 Å². The minimum Gasteiger partial charge on any atom is -0.353 e. The Balaban J connectivity index is 1.40. The number of carbonyl (C=O) groups is 1. The van der Waals surface area contributed by atoms with E-state index in [1.165, 1.54) is 50.3 Å². The number of hydrogen-bond acceptors (Lipinski definition) is 4. The topological polar surface area (TPSA) is 70.7 Å². The first kappa shape index (κ1) is 14.9. The third kappa shape index (κ3) is 4.46. The third-order valence-electron chi connectivity index (χ3n) is 4.52. The first-order valence-corrected chi connectivity index (χ1v) is 9.11. The predicted molar refractivity (Wildman–Crippen MR) is 83.2 cm³/mol. The zero-order valence-corrected chi connectivity index (χ0v) is 13.3. The van der Waals surface area contributed by atoms with Gasteiger partial charge in [-0.2, -0.15) is 0 Å². The second-order valence-corrected chi connectivity index (χ2v) is 7.20. The van der Waals surface area contributed by atoms with E-state index in [9.17, 15) is 4.79 Å². The maximum Gasteiger partial charge on any atom is 0.230 e. The van der Waals surface area contributed by atoms with E-state index in [0.29, 0.717) is 17.0 Å². The van der Waals surface area contributed by atoms with Crippen molar-refractivity contribution >= 4 is 17.7 Å². The molecule has 0 radical (unpaired) electrons. The van der Waals surface area contributed by atoms with Crippen LogP contribution in [0.3, 0.4) is 0 Å². The van der Waals surface area contributed by atoms with E-state index >= 15 is 0 Å². The van der Waals surface area contributed by atoms with Crippen LogP contribution in [-0.2, 0) is 11.2 Å². The van der Waals surface area contributed by atoms with Gasteiger partial charge < -0.3 is 5.32 Å². The summed E-state index contributed by atoms with van der Waals surface area (Å²) in [4.78, 5) is 16.4. The second kappa shape index (κ2) is 7.29. The Morgan fingerprint density at radius 1 is 1.19 bits per heavy atom. The lowest BCUT2D eigenvalue weighted by atomic mass is 10.0. The molecule has 1 heterocycles. The molecule has 5 nitrogen and oxygen atoms in total. The fraction of sp³-hybridized carbons (Fsp3) is 0.800. The largest absolute Gasteiger partial charge is 0.353 e. The van der Waals surface area contributed by atoms with Gasteiger partial charge in [0.2, 0.25) is 11.1 Å². The smallest absolute Gasteiger partial charge is 0.230 e. The van der Waals surface area contributed by atoms with Crippen molar-refractivity contribution in [3.8, 4) is 0 Å². The Labute approximate surface area is 130 Å². The molecule has 6 heteroatoms. The maximum atomic E-state index is 11.9. The number of aromatic amines is 1. The Hall–Kier alpha value is -1.04. The van der Waals surface area contributed by atoms with Crippen LogP contribution < -0.4 is 5.32 Å². The van der Waals surface area contributed by atoms with Crippen LogP contribution in [0.1, 0.15) is 57.2 Å². The Morgan fingerprint density at radius 3 is 2.67 bits per heavy atom. The Kier molecular flexibility index (Phi) is 5.17. The van der Waals surface area contributed by atoms with Crippen LogP contribution in [0.4, 0.5) is 0 Å². The molecule has 0 spiro atoms. The van der Waals surface area contributed by atoms with Crippen molar-refractivity contribution in [1.29, 1.82) is 0 Å². The van der Waals surface area contributed by atoms with Crippen molar-refractivity contribution in [2.75, 3.05) is 5.75 Å². The summed E-state index contributed by atoms with van der Waals surface area (Å²) < 4.78 is 0. The van der Waals surface area contributed by atoms with Gasteiger partial charge in [-0.05, 0) is 18.8 Å². The van der Waals surface area contributed by atoms with Gasteiger partial charge in [0, 0.05) is 12.5 Å². The molecule has 116 valence electrons. The summed E-state index contributed by atoms with van der Waals surface area (Å²) in [6, 6.07) is 0.392. The van der Waals surface area contributed by atoms with Gasteiger partial charge in [0.05, 0.1) is 5.75 Å². The number of amides is 1. The molecular weight excluding hydrogens is 284 g/mol. The quantitative estimate of drug-likeness (QED) is 0.793. The average Bonchev–Trinajstić information content (AvgIpc) is 3.19. The molecule has 0 aromatic carbocycles. The lowest BCUT2D eigenvalue weighted by Gasteiger charge is -2.10. The summed E-state index contributed by atoms with van der Waals surface area (Å²) in [5.41, 5.74) is 0. The van der Waals surface area contributed by atoms with Crippen LogP contribution >= 0.6 is 11.8 Å². The Bertz CT molecular complexity index is 464. The summed E-state index contributed by atoms with van der Waals surface area (Å²) in [6.45, 7) is 0. The minimum absolute atomic E-state index is 0.106. The van der Waals surface area contributed by atoms with Crippen LogP contribution in [0, 0.1) is 5.92 Å². The molecule has 3 rings (SSSR count). The highest BCUT2D eigenvalue weighted by atomic mass is 32.2. The summed E-state index contributed by atoms with van der Waals surface area (Å²) in [7, 11) is 0. The lowest BCUT2D eigenvalue weighted by Crippen LogP contribution is -2.33. The molecule has 2 saturated carbocycles. The van der Waals surface area contributed by atoms with Gasteiger partial charge in [0.25, 0.3) is 0 Å². The van der Waals surface area contributed by atoms with Crippen LogP contribution in [0.25, 0.3) is 0 Å². The predicted octanol–water partition coefficient (Wildman–Crippen LogP) is 2.69. The van der Waals surface area contributed by atoms with E-state index in [4.69, 9.17) is 0 Å².